The highest BCUT2D eigenvalue weighted by Gasteiger charge is 2.23. The number of aromatic nitrogens is 3. The van der Waals surface area contributed by atoms with Gasteiger partial charge in [0.25, 0.3) is 5.91 Å². The Kier molecular flexibility index (Phi) is 7.96. The lowest BCUT2D eigenvalue weighted by molar-refractivity contribution is -0.139. The van der Waals surface area contributed by atoms with Crippen LogP contribution in [-0.4, -0.2) is 54.1 Å². The van der Waals surface area contributed by atoms with Crippen molar-refractivity contribution in [2.75, 3.05) is 6.54 Å². The summed E-state index contributed by atoms with van der Waals surface area (Å²) in [7, 11) is 0. The number of nitrogens with one attached hydrogen (secondary N) is 1. The van der Waals surface area contributed by atoms with E-state index in [1.165, 1.54) is 28.9 Å². The van der Waals surface area contributed by atoms with Crippen LogP contribution in [0.1, 0.15) is 56.2 Å². The number of halogens is 2. The van der Waals surface area contributed by atoms with Crippen molar-refractivity contribution < 1.29 is 33.4 Å². The van der Waals surface area contributed by atoms with Gasteiger partial charge in [0.2, 0.25) is 0 Å². The van der Waals surface area contributed by atoms with E-state index in [0.29, 0.717) is 28.0 Å². The molecule has 0 bridgehead atoms. The third-order valence-corrected chi connectivity index (χ3v) is 6.32. The molecule has 0 spiro atoms. The number of carbonyl (C=O) groups excluding carboxylic acids is 1. The monoisotopic (exact) mass is 537 g/mol. The maximum Gasteiger partial charge on any atom is 0.335 e. The van der Waals surface area contributed by atoms with Crippen molar-refractivity contribution >= 4 is 23.5 Å². The van der Waals surface area contributed by atoms with Crippen LogP contribution in [0.5, 0.6) is 0 Å². The molecule has 4 aromatic rings. The molecule has 4 rings (SSSR count). The zero-order valence-corrected chi connectivity index (χ0v) is 21.1. The van der Waals surface area contributed by atoms with Crippen LogP contribution in [0.4, 0.5) is 8.78 Å². The second-order valence-electron chi connectivity index (χ2n) is 9.02. The summed E-state index contributed by atoms with van der Waals surface area (Å²) in [6.45, 7) is 3.13. The molecule has 0 saturated carbocycles. The highest BCUT2D eigenvalue weighted by Crippen LogP contribution is 2.25. The number of benzene rings is 2. The Balaban J connectivity index is 1.61. The Labute approximate surface area is 221 Å². The molecule has 0 saturated heterocycles. The summed E-state index contributed by atoms with van der Waals surface area (Å²) in [5.41, 5.74) is 2.64. The quantitative estimate of drug-likeness (QED) is 0.279. The number of aryl methyl sites for hydroxylation is 1. The molecule has 2 heterocycles. The standard InChI is InChI=1S/C27H25F2N5O5/c1-15-9-18(4-5-20(15)27(38)39)16(2)33(14-25(35)36)13-19-11-23(32-24-7-8-31-34(19)24)26(37)30-12-17-3-6-21(28)22(29)10-17/h3-11,16H,12-14H2,1-2H3,(H,30,37)(H,35,36)(H,38,39)/t16-/m0/s1. The minimum absolute atomic E-state index is 0.0326. The predicted molar refractivity (Wildman–Crippen MR) is 135 cm³/mol. The number of amides is 1. The minimum atomic E-state index is -1.07. The Morgan fingerprint density at radius 1 is 1.05 bits per heavy atom. The zero-order chi connectivity index (χ0) is 28.3. The van der Waals surface area contributed by atoms with E-state index >= 15 is 0 Å². The van der Waals surface area contributed by atoms with Crippen LogP contribution in [0, 0.1) is 18.6 Å². The molecule has 10 nitrogen and oxygen atoms in total. The SMILES string of the molecule is Cc1cc([C@H](C)N(CC(=O)O)Cc2cc(C(=O)NCc3ccc(F)c(F)c3)nc3ccnn23)ccc1C(=O)O. The van der Waals surface area contributed by atoms with Gasteiger partial charge in [0, 0.05) is 25.2 Å². The van der Waals surface area contributed by atoms with Gasteiger partial charge in [0.1, 0.15) is 5.69 Å². The lowest BCUT2D eigenvalue weighted by atomic mass is 10.00. The van der Waals surface area contributed by atoms with Gasteiger partial charge >= 0.3 is 11.9 Å². The first-order valence-electron chi connectivity index (χ1n) is 11.9. The molecule has 2 aromatic heterocycles. The van der Waals surface area contributed by atoms with Crippen molar-refractivity contribution in [3.05, 3.63) is 100 Å². The summed E-state index contributed by atoms with van der Waals surface area (Å²) in [6.07, 6.45) is 1.49. The Bertz CT molecular complexity index is 1570. The van der Waals surface area contributed by atoms with E-state index < -0.39 is 35.5 Å². The van der Waals surface area contributed by atoms with Crippen molar-refractivity contribution in [2.24, 2.45) is 0 Å². The van der Waals surface area contributed by atoms with Crippen molar-refractivity contribution in [3.8, 4) is 0 Å². The first kappa shape index (κ1) is 27.3. The molecule has 0 aliphatic carbocycles. The van der Waals surface area contributed by atoms with Gasteiger partial charge < -0.3 is 15.5 Å². The van der Waals surface area contributed by atoms with Crippen LogP contribution in [0.15, 0.2) is 54.7 Å². The van der Waals surface area contributed by atoms with Crippen LogP contribution in [0.2, 0.25) is 0 Å². The van der Waals surface area contributed by atoms with E-state index in [9.17, 15) is 33.4 Å². The number of rotatable bonds is 10. The number of carboxylic acids is 2. The fourth-order valence-electron chi connectivity index (χ4n) is 4.24. The van der Waals surface area contributed by atoms with Crippen molar-refractivity contribution in [1.82, 2.24) is 24.8 Å². The van der Waals surface area contributed by atoms with Crippen molar-refractivity contribution in [3.63, 3.8) is 0 Å². The number of aliphatic carboxylic acids is 1. The lowest BCUT2D eigenvalue weighted by Crippen LogP contribution is -2.33. The number of aromatic carboxylic acids is 1. The number of carboxylic acid groups (broad SMARTS) is 2. The smallest absolute Gasteiger partial charge is 0.335 e. The molecule has 12 heteroatoms. The maximum atomic E-state index is 13.5. The number of hydrogen-bond acceptors (Lipinski definition) is 6. The molecule has 0 aliphatic heterocycles. The number of carbonyl (C=O) groups is 3. The summed E-state index contributed by atoms with van der Waals surface area (Å²) in [4.78, 5) is 42.0. The van der Waals surface area contributed by atoms with E-state index in [1.807, 2.05) is 0 Å². The van der Waals surface area contributed by atoms with Gasteiger partial charge in [0.15, 0.2) is 17.3 Å². The van der Waals surface area contributed by atoms with E-state index in [0.717, 1.165) is 12.1 Å². The van der Waals surface area contributed by atoms with Crippen LogP contribution in [0.25, 0.3) is 5.65 Å². The second-order valence-corrected chi connectivity index (χ2v) is 9.02. The molecule has 39 heavy (non-hydrogen) atoms. The van der Waals surface area contributed by atoms with Crippen molar-refractivity contribution in [1.29, 1.82) is 0 Å². The summed E-state index contributed by atoms with van der Waals surface area (Å²) < 4.78 is 28.2. The van der Waals surface area contributed by atoms with Crippen molar-refractivity contribution in [2.45, 2.75) is 33.0 Å². The fraction of sp³-hybridized carbons (Fsp3) is 0.222. The Morgan fingerprint density at radius 2 is 1.82 bits per heavy atom. The molecule has 0 unspecified atom stereocenters. The van der Waals surface area contributed by atoms with E-state index in [1.54, 1.807) is 36.9 Å². The van der Waals surface area contributed by atoms with Crippen LogP contribution >= 0.6 is 0 Å². The molecule has 1 amide bonds. The van der Waals surface area contributed by atoms with Gasteiger partial charge in [-0.25, -0.2) is 23.1 Å². The maximum absolute atomic E-state index is 13.5. The summed E-state index contributed by atoms with van der Waals surface area (Å²) >= 11 is 0. The second kappa shape index (κ2) is 11.4. The lowest BCUT2D eigenvalue weighted by Gasteiger charge is -2.28. The van der Waals surface area contributed by atoms with E-state index in [4.69, 9.17) is 0 Å². The summed E-state index contributed by atoms with van der Waals surface area (Å²) in [5, 5.41) is 25.8. The largest absolute Gasteiger partial charge is 0.480 e. The first-order valence-corrected chi connectivity index (χ1v) is 11.9. The molecule has 0 radical (unpaired) electrons. The van der Waals surface area contributed by atoms with Gasteiger partial charge in [-0.2, -0.15) is 5.10 Å². The fourth-order valence-corrected chi connectivity index (χ4v) is 4.24. The van der Waals surface area contributed by atoms with Gasteiger partial charge in [-0.15, -0.1) is 0 Å². The third kappa shape index (κ3) is 6.24. The van der Waals surface area contributed by atoms with Crippen LogP contribution in [-0.2, 0) is 17.9 Å². The molecule has 1 atom stereocenters. The molecule has 0 fully saturated rings. The number of hydrogen-bond donors (Lipinski definition) is 3. The van der Waals surface area contributed by atoms with Gasteiger partial charge in [0.05, 0.1) is 24.0 Å². The number of nitrogens with zero attached hydrogens (tertiary/aromatic N) is 4. The third-order valence-electron chi connectivity index (χ3n) is 6.32. The average molecular weight is 538 g/mol. The first-order chi connectivity index (χ1) is 18.5. The van der Waals surface area contributed by atoms with E-state index in [-0.39, 0.29) is 30.9 Å². The van der Waals surface area contributed by atoms with Crippen LogP contribution < -0.4 is 5.32 Å². The Morgan fingerprint density at radius 3 is 2.49 bits per heavy atom. The minimum Gasteiger partial charge on any atom is -0.480 e. The average Bonchev–Trinajstić information content (AvgIpc) is 3.37. The Hall–Kier alpha value is -4.71. The van der Waals surface area contributed by atoms with Crippen LogP contribution in [0.3, 0.4) is 0 Å². The molecular formula is C27H25F2N5O5. The van der Waals surface area contributed by atoms with E-state index in [2.05, 4.69) is 15.4 Å². The molecule has 2 aromatic carbocycles. The van der Waals surface area contributed by atoms with Gasteiger partial charge in [-0.1, -0.05) is 18.2 Å². The summed E-state index contributed by atoms with van der Waals surface area (Å²) in [5.74, 6) is -4.71. The molecular weight excluding hydrogens is 512 g/mol. The highest BCUT2D eigenvalue weighted by atomic mass is 19.2. The highest BCUT2D eigenvalue weighted by molar-refractivity contribution is 5.92. The molecule has 0 aliphatic rings. The topological polar surface area (TPSA) is 137 Å². The summed E-state index contributed by atoms with van der Waals surface area (Å²) in [6, 6.07) is 10.8. The normalized spacial score (nSPS) is 12.0. The zero-order valence-electron chi connectivity index (χ0n) is 21.1. The number of fused-ring (bicyclic) bond motifs is 1. The molecule has 3 N–H and O–H groups in total. The molecule has 202 valence electrons. The van der Waals surface area contributed by atoms with Gasteiger partial charge in [-0.3, -0.25) is 14.5 Å². The van der Waals surface area contributed by atoms with Gasteiger partial charge in [-0.05, 0) is 54.8 Å². The predicted octanol–water partition coefficient (Wildman–Crippen LogP) is 3.59.